The second-order valence-electron chi connectivity index (χ2n) is 9.91. The number of ether oxygens (including phenoxy) is 2. The van der Waals surface area contributed by atoms with Gasteiger partial charge in [-0.15, -0.1) is 0 Å². The van der Waals surface area contributed by atoms with E-state index >= 15 is 0 Å². The van der Waals surface area contributed by atoms with Crippen molar-refractivity contribution < 1.29 is 41.9 Å². The molecule has 0 aromatic carbocycles. The number of hydrogen-bond donors (Lipinski definition) is 2. The molecule has 0 rings (SSSR count). The third-order valence-electron chi connectivity index (χ3n) is 6.50. The van der Waals surface area contributed by atoms with Crippen LogP contribution >= 0.6 is 0 Å². The summed E-state index contributed by atoms with van der Waals surface area (Å²) in [5.41, 5.74) is 0. The van der Waals surface area contributed by atoms with Crippen LogP contribution in [-0.2, 0) is 34.0 Å². The number of rotatable bonds is 22. The zero-order chi connectivity index (χ0) is 29.4. The summed E-state index contributed by atoms with van der Waals surface area (Å²) >= 11 is 0. The SMILES string of the molecule is CCCCC(CC)COC(=O)CC(C(=O)OCC(CC)CCCC)S(=O)(=O)O.CCCCCCCC(=O)O.[NaH]. The predicted molar refractivity (Wildman–Crippen MR) is 157 cm³/mol. The van der Waals surface area contributed by atoms with Gasteiger partial charge in [-0.25, -0.2) is 0 Å². The van der Waals surface area contributed by atoms with Crippen LogP contribution in [0.5, 0.6) is 0 Å². The molecule has 39 heavy (non-hydrogen) atoms. The summed E-state index contributed by atoms with van der Waals surface area (Å²) in [6, 6.07) is 0. The molecule has 9 nitrogen and oxygen atoms in total. The molecule has 0 aromatic rings. The van der Waals surface area contributed by atoms with Gasteiger partial charge in [0.15, 0.2) is 5.25 Å². The van der Waals surface area contributed by atoms with E-state index in [-0.39, 0.29) is 54.6 Å². The monoisotopic (exact) mass is 590 g/mol. The molecule has 0 radical (unpaired) electrons. The van der Waals surface area contributed by atoms with Gasteiger partial charge in [-0.05, 0) is 31.1 Å². The van der Waals surface area contributed by atoms with E-state index in [0.29, 0.717) is 6.42 Å². The second-order valence-corrected chi connectivity index (χ2v) is 11.5. The van der Waals surface area contributed by atoms with E-state index < -0.39 is 39.7 Å². The third-order valence-corrected chi connectivity index (χ3v) is 7.57. The van der Waals surface area contributed by atoms with Crippen LogP contribution in [0, 0.1) is 11.8 Å². The molecule has 0 amide bonds. The van der Waals surface area contributed by atoms with Gasteiger partial charge < -0.3 is 14.6 Å². The van der Waals surface area contributed by atoms with Crippen molar-refractivity contribution in [3.8, 4) is 0 Å². The molecule has 0 heterocycles. The maximum atomic E-state index is 12.2. The van der Waals surface area contributed by atoms with Crippen LogP contribution in [0.25, 0.3) is 0 Å². The Kier molecular flexibility index (Phi) is 30.2. The van der Waals surface area contributed by atoms with E-state index in [1.807, 2.05) is 13.8 Å². The van der Waals surface area contributed by atoms with E-state index in [1.165, 1.54) is 19.3 Å². The number of carboxylic acids is 1. The first-order chi connectivity index (χ1) is 18.0. The summed E-state index contributed by atoms with van der Waals surface area (Å²) in [4.78, 5) is 34.2. The molecule has 0 saturated heterocycles. The summed E-state index contributed by atoms with van der Waals surface area (Å²) in [6.45, 7) is 10.5. The molecule has 0 aliphatic rings. The fourth-order valence-electron chi connectivity index (χ4n) is 3.70. The average molecular weight is 591 g/mol. The normalized spacial score (nSPS) is 13.2. The Morgan fingerprint density at radius 2 is 1.18 bits per heavy atom. The minimum atomic E-state index is -4.76. The molecule has 0 aliphatic carbocycles. The van der Waals surface area contributed by atoms with E-state index in [0.717, 1.165) is 64.2 Å². The molecule has 3 unspecified atom stereocenters. The number of carbonyl (C=O) groups is 3. The first-order valence-electron chi connectivity index (χ1n) is 14.5. The summed E-state index contributed by atoms with van der Waals surface area (Å²) in [6.07, 6.45) is 12.6. The molecule has 0 bridgehead atoms. The Hall–Kier alpha value is -0.680. The molecular formula is C28H55NaO9S. The Balaban J connectivity index is -0.000000995. The van der Waals surface area contributed by atoms with E-state index in [2.05, 4.69) is 20.8 Å². The van der Waals surface area contributed by atoms with Gasteiger partial charge in [-0.2, -0.15) is 8.42 Å². The zero-order valence-electron chi connectivity index (χ0n) is 24.4. The summed E-state index contributed by atoms with van der Waals surface area (Å²) in [7, 11) is -4.76. The fourth-order valence-corrected chi connectivity index (χ4v) is 4.36. The van der Waals surface area contributed by atoms with Gasteiger partial charge in [-0.1, -0.05) is 98.8 Å². The Morgan fingerprint density at radius 3 is 1.59 bits per heavy atom. The fraction of sp³-hybridized carbons (Fsp3) is 0.893. The van der Waals surface area contributed by atoms with Crippen LogP contribution in [0.4, 0.5) is 0 Å². The molecular weight excluding hydrogens is 535 g/mol. The van der Waals surface area contributed by atoms with E-state index in [4.69, 9.17) is 14.6 Å². The topological polar surface area (TPSA) is 144 Å². The maximum absolute atomic E-state index is 12.2. The number of aliphatic carboxylic acids is 1. The van der Waals surface area contributed by atoms with Crippen molar-refractivity contribution in [1.82, 2.24) is 0 Å². The number of carbonyl (C=O) groups excluding carboxylic acids is 2. The molecule has 0 spiro atoms. The van der Waals surface area contributed by atoms with Gasteiger partial charge >= 0.3 is 47.5 Å². The summed E-state index contributed by atoms with van der Waals surface area (Å²) < 4.78 is 42.8. The molecule has 3 atom stereocenters. The molecule has 228 valence electrons. The standard InChI is InChI=1S/C20H38O7S.C8H16O2.Na.H/c1-5-9-11-16(7-3)14-26-19(21)13-18(28(23,24)25)20(22)27-15-17(8-4)12-10-6-2;1-2-3-4-5-6-7-8(9)10;;/h16-18H,5-15H2,1-4H3,(H,23,24,25);2-7H2,1H3,(H,9,10);;. The summed E-state index contributed by atoms with van der Waals surface area (Å²) in [5, 5.41) is 6.33. The van der Waals surface area contributed by atoms with E-state index in [1.54, 1.807) is 0 Å². The quantitative estimate of drug-likeness (QED) is 0.0678. The van der Waals surface area contributed by atoms with Crippen LogP contribution < -0.4 is 0 Å². The second kappa shape index (κ2) is 27.5. The van der Waals surface area contributed by atoms with Gasteiger partial charge in [0.1, 0.15) is 0 Å². The molecule has 0 aliphatic heterocycles. The van der Waals surface area contributed by atoms with Crippen LogP contribution in [0.3, 0.4) is 0 Å². The van der Waals surface area contributed by atoms with Gasteiger partial charge in [0.2, 0.25) is 0 Å². The zero-order valence-corrected chi connectivity index (χ0v) is 25.2. The van der Waals surface area contributed by atoms with Crippen molar-refractivity contribution in [2.45, 2.75) is 136 Å². The predicted octanol–water partition coefficient (Wildman–Crippen LogP) is 5.94. The van der Waals surface area contributed by atoms with Crippen LogP contribution in [-0.4, -0.2) is 84.0 Å². The van der Waals surface area contributed by atoms with E-state index in [9.17, 15) is 27.4 Å². The van der Waals surface area contributed by atoms with Crippen molar-refractivity contribution in [3.05, 3.63) is 0 Å². The van der Waals surface area contributed by atoms with Gasteiger partial charge in [-0.3, -0.25) is 18.9 Å². The number of esters is 2. The molecule has 0 aromatic heterocycles. The van der Waals surface area contributed by atoms with Crippen molar-refractivity contribution in [3.63, 3.8) is 0 Å². The first kappa shape index (κ1) is 42.8. The number of unbranched alkanes of at least 4 members (excludes halogenated alkanes) is 6. The molecule has 11 heteroatoms. The van der Waals surface area contributed by atoms with Crippen LogP contribution in [0.2, 0.25) is 0 Å². The molecule has 0 saturated carbocycles. The van der Waals surface area contributed by atoms with Crippen LogP contribution in [0.1, 0.15) is 131 Å². The third kappa shape index (κ3) is 26.0. The van der Waals surface area contributed by atoms with Crippen molar-refractivity contribution in [2.24, 2.45) is 11.8 Å². The van der Waals surface area contributed by atoms with Gasteiger partial charge in [0.05, 0.1) is 19.6 Å². The van der Waals surface area contributed by atoms with Gasteiger partial charge in [0.25, 0.3) is 10.1 Å². The Labute approximate surface area is 259 Å². The number of hydrogen-bond acceptors (Lipinski definition) is 7. The van der Waals surface area contributed by atoms with Crippen molar-refractivity contribution in [1.29, 1.82) is 0 Å². The first-order valence-corrected chi connectivity index (χ1v) is 16.0. The average Bonchev–Trinajstić information content (AvgIpc) is 2.86. The van der Waals surface area contributed by atoms with Crippen molar-refractivity contribution in [2.75, 3.05) is 13.2 Å². The van der Waals surface area contributed by atoms with Gasteiger partial charge in [0, 0.05) is 6.42 Å². The molecule has 0 fully saturated rings. The number of carboxylic acid groups (broad SMARTS) is 1. The summed E-state index contributed by atoms with van der Waals surface area (Å²) in [5.74, 6) is -2.28. The van der Waals surface area contributed by atoms with Crippen molar-refractivity contribution >= 4 is 57.6 Å². The Morgan fingerprint density at radius 1 is 0.718 bits per heavy atom. The minimum absolute atomic E-state index is 0. The Bertz CT molecular complexity index is 729. The van der Waals surface area contributed by atoms with Crippen LogP contribution in [0.15, 0.2) is 0 Å². The molecule has 2 N–H and O–H groups in total.